The van der Waals surface area contributed by atoms with Crippen LogP contribution in [0.1, 0.15) is 0 Å². The number of nitrogens with zero attached hydrogens (tertiary/aromatic N) is 2. The normalized spacial score (nSPS) is 9.62. The summed E-state index contributed by atoms with van der Waals surface area (Å²) in [6.45, 7) is 0. The third-order valence-electron chi connectivity index (χ3n) is 1.39. The van der Waals surface area contributed by atoms with Crippen molar-refractivity contribution in [1.29, 1.82) is 0 Å². The van der Waals surface area contributed by atoms with E-state index in [0.29, 0.717) is 3.58 Å². The first-order valence-electron chi connectivity index (χ1n) is 3.17. The number of rotatable bonds is 2. The number of non-ortho nitro benzene ring substituents is 1. The fraction of sp³-hybridized carbons (Fsp3) is 0. The van der Waals surface area contributed by atoms with E-state index in [0.717, 1.165) is 28.6 Å². The SMILES string of the molecule is O=[N+]([O-])c1cc[c]([Sn])c([N+](=O)[O-])c1. The molecule has 1 rings (SSSR count). The fourth-order valence-electron chi connectivity index (χ4n) is 0.785. The van der Waals surface area contributed by atoms with Crippen LogP contribution >= 0.6 is 0 Å². The summed E-state index contributed by atoms with van der Waals surface area (Å²) in [4.78, 5) is 19.4. The molecule has 65 valence electrons. The van der Waals surface area contributed by atoms with Crippen LogP contribution in [0.3, 0.4) is 0 Å². The van der Waals surface area contributed by atoms with Crippen LogP contribution in [0.2, 0.25) is 0 Å². The van der Waals surface area contributed by atoms with Crippen LogP contribution < -0.4 is 3.58 Å². The molecule has 0 heterocycles. The zero-order valence-electron chi connectivity index (χ0n) is 6.26. The average Bonchev–Trinajstić information content (AvgIpc) is 2.04. The van der Waals surface area contributed by atoms with E-state index in [4.69, 9.17) is 0 Å². The Kier molecular flexibility index (Phi) is 2.81. The quantitative estimate of drug-likeness (QED) is 0.444. The Morgan fingerprint density at radius 3 is 2.23 bits per heavy atom. The summed E-state index contributed by atoms with van der Waals surface area (Å²) >= 11 is 0.864. The molecule has 0 aliphatic heterocycles. The van der Waals surface area contributed by atoms with Gasteiger partial charge < -0.3 is 0 Å². The van der Waals surface area contributed by atoms with E-state index in [-0.39, 0.29) is 11.4 Å². The molecular weight excluding hydrogens is 283 g/mol. The van der Waals surface area contributed by atoms with Crippen molar-refractivity contribution in [2.75, 3.05) is 0 Å². The molecule has 0 fully saturated rings. The monoisotopic (exact) mass is 287 g/mol. The van der Waals surface area contributed by atoms with Crippen LogP contribution in [0.4, 0.5) is 11.4 Å². The van der Waals surface area contributed by atoms with Crippen molar-refractivity contribution in [2.45, 2.75) is 0 Å². The van der Waals surface area contributed by atoms with Crippen LogP contribution in [0, 0.1) is 20.2 Å². The maximum absolute atomic E-state index is 10.4. The zero-order valence-corrected chi connectivity index (χ0v) is 9.11. The molecule has 0 bridgehead atoms. The molecule has 0 aromatic heterocycles. The third kappa shape index (κ3) is 2.14. The van der Waals surface area contributed by atoms with Crippen LogP contribution in [0.5, 0.6) is 0 Å². The number of hydrogen-bond donors (Lipinski definition) is 0. The standard InChI is InChI=1S/C6H3N2O4.Sn/c9-7(10)5-2-1-3-6(4-5)8(11)12;/h1-2,4H;. The summed E-state index contributed by atoms with van der Waals surface area (Å²) in [5.74, 6) is 0. The van der Waals surface area contributed by atoms with Crippen LogP contribution in [-0.2, 0) is 0 Å². The van der Waals surface area contributed by atoms with E-state index in [9.17, 15) is 20.2 Å². The van der Waals surface area contributed by atoms with E-state index in [1.807, 2.05) is 0 Å². The molecule has 1 aromatic carbocycles. The number of benzene rings is 1. The molecule has 0 saturated heterocycles. The molecule has 0 aliphatic rings. The molecule has 1 aromatic rings. The van der Waals surface area contributed by atoms with Crippen molar-refractivity contribution in [3.05, 3.63) is 38.4 Å². The Balaban J connectivity index is 3.27. The number of nitro benzene ring substituents is 2. The van der Waals surface area contributed by atoms with Gasteiger partial charge in [-0.2, -0.15) is 0 Å². The van der Waals surface area contributed by atoms with Gasteiger partial charge in [0.1, 0.15) is 0 Å². The van der Waals surface area contributed by atoms with Gasteiger partial charge in [-0.05, 0) is 0 Å². The van der Waals surface area contributed by atoms with Crippen molar-refractivity contribution in [2.24, 2.45) is 0 Å². The number of hydrogen-bond acceptors (Lipinski definition) is 4. The Labute approximate surface area is 85.9 Å². The van der Waals surface area contributed by atoms with Gasteiger partial charge in [-0.1, -0.05) is 0 Å². The first-order valence-corrected chi connectivity index (χ1v) is 4.59. The van der Waals surface area contributed by atoms with E-state index >= 15 is 0 Å². The van der Waals surface area contributed by atoms with Gasteiger partial charge in [-0.3, -0.25) is 0 Å². The van der Waals surface area contributed by atoms with Gasteiger partial charge in [0.05, 0.1) is 0 Å². The second-order valence-corrected chi connectivity index (χ2v) is 3.75. The van der Waals surface area contributed by atoms with Crippen molar-refractivity contribution < 1.29 is 9.85 Å². The summed E-state index contributed by atoms with van der Waals surface area (Å²) in [7, 11) is 0. The molecule has 6 nitrogen and oxygen atoms in total. The second kappa shape index (κ2) is 3.69. The van der Waals surface area contributed by atoms with Crippen molar-refractivity contribution >= 4 is 37.5 Å². The van der Waals surface area contributed by atoms with Gasteiger partial charge in [-0.25, -0.2) is 0 Å². The molecule has 0 unspecified atom stereocenters. The Morgan fingerprint density at radius 2 is 1.77 bits per heavy atom. The second-order valence-electron chi connectivity index (χ2n) is 2.22. The van der Waals surface area contributed by atoms with Crippen LogP contribution in [0.15, 0.2) is 18.2 Å². The summed E-state index contributed by atoms with van der Waals surface area (Å²) in [5.41, 5.74) is -0.440. The summed E-state index contributed by atoms with van der Waals surface area (Å²) in [6.07, 6.45) is 0. The van der Waals surface area contributed by atoms with Gasteiger partial charge in [0, 0.05) is 0 Å². The van der Waals surface area contributed by atoms with Gasteiger partial charge in [-0.15, -0.1) is 0 Å². The fourth-order valence-corrected chi connectivity index (χ4v) is 1.49. The van der Waals surface area contributed by atoms with Crippen LogP contribution in [0.25, 0.3) is 0 Å². The third-order valence-corrected chi connectivity index (χ3v) is 2.60. The molecule has 7 heteroatoms. The predicted octanol–water partition coefficient (Wildman–Crippen LogP) is 0.297. The van der Waals surface area contributed by atoms with E-state index in [1.54, 1.807) is 0 Å². The van der Waals surface area contributed by atoms with E-state index in [1.165, 1.54) is 12.1 Å². The van der Waals surface area contributed by atoms with Crippen molar-refractivity contribution in [3.8, 4) is 0 Å². The van der Waals surface area contributed by atoms with Gasteiger partial charge in [0.2, 0.25) is 0 Å². The first kappa shape index (κ1) is 9.90. The van der Waals surface area contributed by atoms with E-state index in [2.05, 4.69) is 0 Å². The average molecular weight is 286 g/mol. The minimum absolute atomic E-state index is 0.188. The van der Waals surface area contributed by atoms with Gasteiger partial charge in [0.15, 0.2) is 0 Å². The molecule has 0 aliphatic carbocycles. The molecule has 0 atom stereocenters. The Bertz CT molecular complexity index is 379. The van der Waals surface area contributed by atoms with Crippen molar-refractivity contribution in [3.63, 3.8) is 0 Å². The molecular formula is C6H3N2O4Sn. The van der Waals surface area contributed by atoms with E-state index < -0.39 is 9.85 Å². The molecule has 3 radical (unpaired) electrons. The van der Waals surface area contributed by atoms with Crippen LogP contribution in [-0.4, -0.2) is 32.4 Å². The van der Waals surface area contributed by atoms with Crippen molar-refractivity contribution in [1.82, 2.24) is 0 Å². The summed E-state index contributed by atoms with van der Waals surface area (Å²) in [6, 6.07) is 3.63. The summed E-state index contributed by atoms with van der Waals surface area (Å²) < 4.78 is 0.503. The molecule has 0 saturated carbocycles. The predicted molar refractivity (Wildman–Crippen MR) is 45.1 cm³/mol. The first-order chi connectivity index (χ1) is 6.02. The molecule has 0 spiro atoms. The van der Waals surface area contributed by atoms with Gasteiger partial charge in [0.25, 0.3) is 0 Å². The minimum atomic E-state index is -0.650. The molecule has 13 heavy (non-hydrogen) atoms. The number of nitro groups is 2. The molecule has 0 amide bonds. The maximum atomic E-state index is 10.4. The Morgan fingerprint density at radius 1 is 1.15 bits per heavy atom. The topological polar surface area (TPSA) is 86.3 Å². The summed E-state index contributed by atoms with van der Waals surface area (Å²) in [5, 5.41) is 20.7. The molecule has 0 N–H and O–H groups in total. The van der Waals surface area contributed by atoms with Gasteiger partial charge >= 0.3 is 85.8 Å². The zero-order chi connectivity index (χ0) is 10.0. The Hall–Kier alpha value is -1.18.